The maximum atomic E-state index is 4.53. The molecule has 8 heteroatoms. The molecule has 0 aliphatic carbocycles. The fourth-order valence-corrected chi connectivity index (χ4v) is 2.89. The highest BCUT2D eigenvalue weighted by Crippen LogP contribution is 2.14. The first-order chi connectivity index (χ1) is 14.8. The summed E-state index contributed by atoms with van der Waals surface area (Å²) < 4.78 is 0. The summed E-state index contributed by atoms with van der Waals surface area (Å²) >= 11 is 0. The molecule has 2 aliphatic rings. The van der Waals surface area contributed by atoms with Crippen LogP contribution in [0.25, 0.3) is 34.6 Å². The van der Waals surface area contributed by atoms with Gasteiger partial charge in [0.25, 0.3) is 11.7 Å². The molecule has 30 heavy (non-hydrogen) atoms. The van der Waals surface area contributed by atoms with Crippen molar-refractivity contribution in [3.8, 4) is 0 Å². The lowest BCUT2D eigenvalue weighted by atomic mass is 10.3. The molecule has 8 bridgehead atoms. The predicted octanol–water partition coefficient (Wildman–Crippen LogP) is 4.11. The van der Waals surface area contributed by atoms with Gasteiger partial charge in [0, 0.05) is 17.1 Å². The first kappa shape index (κ1) is 17.6. The van der Waals surface area contributed by atoms with Gasteiger partial charge < -0.3 is 9.97 Å². The third kappa shape index (κ3) is 4.17. The summed E-state index contributed by atoms with van der Waals surface area (Å²) in [6.45, 7) is 0. The maximum Gasteiger partial charge on any atom is 0.253 e. The van der Waals surface area contributed by atoms with Gasteiger partial charge in [-0.3, -0.25) is 0 Å². The van der Waals surface area contributed by atoms with E-state index in [0.29, 0.717) is 23.1 Å². The first-order valence-corrected chi connectivity index (χ1v) is 9.31. The molecular weight excluding hydrogens is 376 g/mol. The summed E-state index contributed by atoms with van der Waals surface area (Å²) in [6.07, 6.45) is 5.53. The van der Waals surface area contributed by atoms with Gasteiger partial charge in [0.2, 0.25) is 0 Å². The van der Waals surface area contributed by atoms with Crippen molar-refractivity contribution in [2.24, 2.45) is 4.99 Å². The molecule has 0 radical (unpaired) electrons. The van der Waals surface area contributed by atoms with E-state index in [-0.39, 0.29) is 0 Å². The van der Waals surface area contributed by atoms with Crippen LogP contribution in [0.5, 0.6) is 0 Å². The van der Waals surface area contributed by atoms with Gasteiger partial charge in [0.15, 0.2) is 5.65 Å². The molecular formula is C22H16N8. The summed E-state index contributed by atoms with van der Waals surface area (Å²) in [4.78, 5) is 23.6. The van der Waals surface area contributed by atoms with Crippen LogP contribution in [0.2, 0.25) is 0 Å². The molecule has 0 spiro atoms. The van der Waals surface area contributed by atoms with Crippen LogP contribution in [-0.4, -0.2) is 41.3 Å². The zero-order valence-electron chi connectivity index (χ0n) is 15.8. The lowest BCUT2D eigenvalue weighted by Crippen LogP contribution is -1.77. The van der Waals surface area contributed by atoms with E-state index < -0.39 is 0 Å². The Balaban J connectivity index is 0.000000279. The second-order valence-electron chi connectivity index (χ2n) is 6.49. The number of fused-ring (bicyclic) bond motifs is 8. The highest BCUT2D eigenvalue weighted by molar-refractivity contribution is 5.83. The highest BCUT2D eigenvalue weighted by Gasteiger charge is 2.03. The number of rotatable bonds is 0. The number of nitrogens with zero attached hydrogens (tertiary/aromatic N) is 6. The van der Waals surface area contributed by atoms with Gasteiger partial charge in [-0.2, -0.15) is 4.98 Å². The Morgan fingerprint density at radius 3 is 2.00 bits per heavy atom. The molecule has 2 aliphatic heterocycles. The van der Waals surface area contributed by atoms with Crippen LogP contribution >= 0.6 is 0 Å². The number of H-pyrrole nitrogens is 2. The van der Waals surface area contributed by atoms with Crippen LogP contribution in [-0.2, 0) is 0 Å². The molecule has 0 amide bonds. The van der Waals surface area contributed by atoms with Gasteiger partial charge >= 0.3 is 0 Å². The summed E-state index contributed by atoms with van der Waals surface area (Å²) in [7, 11) is 0. The second kappa shape index (κ2) is 7.88. The summed E-state index contributed by atoms with van der Waals surface area (Å²) in [5.41, 5.74) is 4.84. The number of nitrogens with one attached hydrogen (secondary N) is 2. The van der Waals surface area contributed by atoms with E-state index in [1.54, 1.807) is 12.3 Å². The molecule has 144 valence electrons. The third-order valence-corrected chi connectivity index (χ3v) is 4.21. The smallest absolute Gasteiger partial charge is 0.253 e. The number of aliphatic imine (C=N–C) groups is 1. The predicted molar refractivity (Wildman–Crippen MR) is 117 cm³/mol. The minimum absolute atomic E-state index is 0.336. The Morgan fingerprint density at radius 1 is 0.600 bits per heavy atom. The molecule has 0 unspecified atom stereocenters. The van der Waals surface area contributed by atoms with E-state index in [0.717, 1.165) is 22.4 Å². The average molecular weight is 392 g/mol. The van der Waals surface area contributed by atoms with Crippen LogP contribution in [0.4, 0.5) is 5.95 Å². The molecule has 2 N–H and O–H groups in total. The summed E-state index contributed by atoms with van der Waals surface area (Å²) in [5.74, 6) is 0.689. The normalized spacial score (nSPS) is 11.7. The number of aromatic amines is 2. The molecule has 3 aromatic heterocycles. The van der Waals surface area contributed by atoms with Crippen LogP contribution < -0.4 is 0 Å². The van der Waals surface area contributed by atoms with E-state index >= 15 is 0 Å². The van der Waals surface area contributed by atoms with E-state index in [1.807, 2.05) is 72.8 Å². The first-order valence-electron chi connectivity index (χ1n) is 9.31. The van der Waals surface area contributed by atoms with Crippen molar-refractivity contribution in [3.63, 3.8) is 0 Å². The molecule has 5 heterocycles. The molecule has 0 atom stereocenters. The minimum Gasteiger partial charge on any atom is -0.355 e. The number of benzene rings is 1. The lowest BCUT2D eigenvalue weighted by Gasteiger charge is -1.83. The van der Waals surface area contributed by atoms with E-state index in [2.05, 4.69) is 40.1 Å². The Morgan fingerprint density at radius 2 is 1.27 bits per heavy atom. The van der Waals surface area contributed by atoms with Crippen molar-refractivity contribution in [2.75, 3.05) is 0 Å². The zero-order chi connectivity index (χ0) is 20.2. The molecule has 4 aromatic rings. The van der Waals surface area contributed by atoms with E-state index in [9.17, 15) is 0 Å². The van der Waals surface area contributed by atoms with E-state index in [1.165, 1.54) is 0 Å². The van der Waals surface area contributed by atoms with Gasteiger partial charge in [-0.15, -0.1) is 10.2 Å². The minimum atomic E-state index is 0.336. The monoisotopic (exact) mass is 392 g/mol. The fourth-order valence-electron chi connectivity index (χ4n) is 2.89. The number of aromatic nitrogens is 7. The topological polar surface area (TPSA) is 108 Å². The van der Waals surface area contributed by atoms with Crippen molar-refractivity contribution in [1.29, 1.82) is 0 Å². The largest absolute Gasteiger partial charge is 0.355 e. The molecule has 0 saturated carbocycles. The molecule has 0 saturated heterocycles. The Labute approximate surface area is 171 Å². The Bertz CT molecular complexity index is 1200. The molecule has 8 nitrogen and oxygen atoms in total. The molecule has 1 aromatic carbocycles. The zero-order valence-corrected chi connectivity index (χ0v) is 15.8. The highest BCUT2D eigenvalue weighted by atomic mass is 15.3. The fraction of sp³-hybridized carbons (Fsp3) is 0. The van der Waals surface area contributed by atoms with Gasteiger partial charge in [-0.05, 0) is 36.4 Å². The van der Waals surface area contributed by atoms with Crippen LogP contribution in [0.15, 0.2) is 71.7 Å². The average Bonchev–Trinajstić information content (AvgIpc) is 3.56. The van der Waals surface area contributed by atoms with Gasteiger partial charge in [0.05, 0.1) is 23.3 Å². The Kier molecular flexibility index (Phi) is 4.63. The van der Waals surface area contributed by atoms with E-state index in [4.69, 9.17) is 0 Å². The summed E-state index contributed by atoms with van der Waals surface area (Å²) in [6, 6.07) is 21.7. The van der Waals surface area contributed by atoms with Crippen molar-refractivity contribution in [2.45, 2.75) is 0 Å². The van der Waals surface area contributed by atoms with Crippen molar-refractivity contribution in [3.05, 3.63) is 83.8 Å². The van der Waals surface area contributed by atoms with Crippen LogP contribution in [0.3, 0.4) is 0 Å². The van der Waals surface area contributed by atoms with Gasteiger partial charge in [-0.1, -0.05) is 36.4 Å². The van der Waals surface area contributed by atoms with Crippen LogP contribution in [0.1, 0.15) is 17.1 Å². The standard InChI is InChI=1S/C16H10N8.C6H6/c1-2-11-6-13-8-17-15(20-13)22-16-21-14(23-24-16)7-12-4-3-10(19-12)5-9(1)18-11;1-2-4-6-5-3-1/h1-8,18H,(H,17,20,21,22,23,24);1-6H. The number of hydrogen-bond donors (Lipinski definition) is 2. The molecule has 0 fully saturated rings. The SMILES string of the molecule is C1=Cc2cc3nnc(nc4nc(cc5ccc(cc1n2)[nH]5)C=N4)[nH]3.c1ccccc1. The van der Waals surface area contributed by atoms with Gasteiger partial charge in [0.1, 0.15) is 0 Å². The van der Waals surface area contributed by atoms with Crippen molar-refractivity contribution < 1.29 is 0 Å². The third-order valence-electron chi connectivity index (χ3n) is 4.21. The van der Waals surface area contributed by atoms with Crippen LogP contribution in [0, 0.1) is 0 Å². The lowest BCUT2D eigenvalue weighted by molar-refractivity contribution is 1.10. The summed E-state index contributed by atoms with van der Waals surface area (Å²) in [5, 5.41) is 8.02. The quantitative estimate of drug-likeness (QED) is 0.404. The van der Waals surface area contributed by atoms with Crippen molar-refractivity contribution in [1.82, 2.24) is 35.1 Å². The maximum absolute atomic E-state index is 4.53. The van der Waals surface area contributed by atoms with Crippen molar-refractivity contribution >= 4 is 46.8 Å². The number of hydrogen-bond acceptors (Lipinski definition) is 6. The second-order valence-corrected chi connectivity index (χ2v) is 6.49. The molecule has 6 rings (SSSR count). The Hall–Kier alpha value is -4.46. The van der Waals surface area contributed by atoms with Gasteiger partial charge in [-0.25, -0.2) is 15.0 Å².